The molecule has 0 aliphatic heterocycles. The summed E-state index contributed by atoms with van der Waals surface area (Å²) in [5, 5.41) is 8.20. The van der Waals surface area contributed by atoms with Crippen molar-refractivity contribution in [2.45, 2.75) is 25.3 Å². The Morgan fingerprint density at radius 3 is 2.60 bits per heavy atom. The summed E-state index contributed by atoms with van der Waals surface area (Å²) in [6.07, 6.45) is 0. The SMILES string of the molecule is CCNCc1cc(S(N)(=O)=O)ccc1C. The van der Waals surface area contributed by atoms with Gasteiger partial charge in [0.15, 0.2) is 0 Å². The van der Waals surface area contributed by atoms with Crippen molar-refractivity contribution in [3.8, 4) is 0 Å². The Morgan fingerprint density at radius 2 is 2.07 bits per heavy atom. The average Bonchev–Trinajstić information content (AvgIpc) is 2.15. The third-order valence-electron chi connectivity index (χ3n) is 2.21. The van der Waals surface area contributed by atoms with Gasteiger partial charge >= 0.3 is 0 Å². The molecule has 0 bridgehead atoms. The highest BCUT2D eigenvalue weighted by Crippen LogP contribution is 2.14. The van der Waals surface area contributed by atoms with E-state index in [0.717, 1.165) is 17.7 Å². The third kappa shape index (κ3) is 3.30. The van der Waals surface area contributed by atoms with Gasteiger partial charge in [-0.25, -0.2) is 13.6 Å². The molecule has 5 heteroatoms. The number of primary sulfonamides is 1. The minimum absolute atomic E-state index is 0.168. The van der Waals surface area contributed by atoms with Crippen molar-refractivity contribution in [2.75, 3.05) is 6.54 Å². The highest BCUT2D eigenvalue weighted by Gasteiger charge is 2.09. The molecule has 4 nitrogen and oxygen atoms in total. The van der Waals surface area contributed by atoms with E-state index >= 15 is 0 Å². The van der Waals surface area contributed by atoms with Crippen LogP contribution in [0.15, 0.2) is 23.1 Å². The number of nitrogens with one attached hydrogen (secondary N) is 1. The van der Waals surface area contributed by atoms with Crippen LogP contribution in [0.1, 0.15) is 18.1 Å². The predicted octanol–water partition coefficient (Wildman–Crippen LogP) is 0.752. The summed E-state index contributed by atoms with van der Waals surface area (Å²) in [4.78, 5) is 0.168. The van der Waals surface area contributed by atoms with E-state index in [2.05, 4.69) is 5.32 Å². The highest BCUT2D eigenvalue weighted by atomic mass is 32.2. The molecular formula is C10H16N2O2S. The van der Waals surface area contributed by atoms with Crippen LogP contribution in [0, 0.1) is 6.92 Å². The van der Waals surface area contributed by atoms with Gasteiger partial charge in [-0.3, -0.25) is 0 Å². The van der Waals surface area contributed by atoms with E-state index in [4.69, 9.17) is 5.14 Å². The van der Waals surface area contributed by atoms with Crippen molar-refractivity contribution in [3.05, 3.63) is 29.3 Å². The van der Waals surface area contributed by atoms with E-state index in [1.807, 2.05) is 13.8 Å². The zero-order valence-electron chi connectivity index (χ0n) is 8.95. The van der Waals surface area contributed by atoms with Gasteiger partial charge in [0.2, 0.25) is 10.0 Å². The first-order valence-electron chi connectivity index (χ1n) is 4.78. The first kappa shape index (κ1) is 12.2. The summed E-state index contributed by atoms with van der Waals surface area (Å²) in [7, 11) is -3.59. The summed E-state index contributed by atoms with van der Waals surface area (Å²) >= 11 is 0. The normalized spacial score (nSPS) is 11.7. The van der Waals surface area contributed by atoms with Crippen molar-refractivity contribution in [1.82, 2.24) is 5.32 Å². The van der Waals surface area contributed by atoms with Crippen LogP contribution in [0.3, 0.4) is 0 Å². The van der Waals surface area contributed by atoms with Gasteiger partial charge in [-0.15, -0.1) is 0 Å². The second-order valence-corrected chi connectivity index (χ2v) is 4.98. The monoisotopic (exact) mass is 228 g/mol. The van der Waals surface area contributed by atoms with Crippen molar-refractivity contribution in [2.24, 2.45) is 5.14 Å². The summed E-state index contributed by atoms with van der Waals surface area (Å²) < 4.78 is 22.3. The minimum atomic E-state index is -3.59. The average molecular weight is 228 g/mol. The standard InChI is InChI=1S/C10H16N2O2S/c1-3-12-7-9-6-10(15(11,13)14)5-4-8(9)2/h4-6,12H,3,7H2,1-2H3,(H2,11,13,14). The molecule has 0 radical (unpaired) electrons. The third-order valence-corrected chi connectivity index (χ3v) is 3.13. The van der Waals surface area contributed by atoms with Gasteiger partial charge in [0, 0.05) is 6.54 Å². The van der Waals surface area contributed by atoms with Crippen molar-refractivity contribution in [1.29, 1.82) is 0 Å². The number of aryl methyl sites for hydroxylation is 1. The zero-order valence-corrected chi connectivity index (χ0v) is 9.76. The molecule has 0 heterocycles. The van der Waals surface area contributed by atoms with Crippen LogP contribution in [0.25, 0.3) is 0 Å². The van der Waals surface area contributed by atoms with E-state index < -0.39 is 10.0 Å². The summed E-state index contributed by atoms with van der Waals surface area (Å²) in [6, 6.07) is 4.92. The first-order valence-corrected chi connectivity index (χ1v) is 6.33. The maximum absolute atomic E-state index is 11.1. The number of sulfonamides is 1. The molecule has 1 aromatic carbocycles. The molecule has 1 rings (SSSR count). The Hall–Kier alpha value is -0.910. The summed E-state index contributed by atoms with van der Waals surface area (Å²) in [6.45, 7) is 5.45. The maximum atomic E-state index is 11.1. The topological polar surface area (TPSA) is 72.2 Å². The smallest absolute Gasteiger partial charge is 0.238 e. The maximum Gasteiger partial charge on any atom is 0.238 e. The number of hydrogen-bond acceptors (Lipinski definition) is 3. The van der Waals surface area contributed by atoms with Crippen molar-refractivity contribution >= 4 is 10.0 Å². The molecule has 84 valence electrons. The number of nitrogens with two attached hydrogens (primary N) is 1. The van der Waals surface area contributed by atoms with Crippen molar-refractivity contribution in [3.63, 3.8) is 0 Å². The molecule has 0 aromatic heterocycles. The molecule has 0 atom stereocenters. The fourth-order valence-electron chi connectivity index (χ4n) is 1.27. The van der Waals surface area contributed by atoms with Crippen LogP contribution < -0.4 is 10.5 Å². The van der Waals surface area contributed by atoms with Gasteiger partial charge in [-0.05, 0) is 36.7 Å². The Morgan fingerprint density at radius 1 is 1.40 bits per heavy atom. The first-order chi connectivity index (χ1) is 6.95. The Labute approximate surface area is 90.5 Å². The number of hydrogen-bond donors (Lipinski definition) is 2. The minimum Gasteiger partial charge on any atom is -0.313 e. The fourth-order valence-corrected chi connectivity index (χ4v) is 1.84. The van der Waals surface area contributed by atoms with Crippen LogP contribution in [-0.4, -0.2) is 15.0 Å². The van der Waals surface area contributed by atoms with Gasteiger partial charge < -0.3 is 5.32 Å². The second-order valence-electron chi connectivity index (χ2n) is 3.41. The van der Waals surface area contributed by atoms with Crippen LogP contribution in [0.5, 0.6) is 0 Å². The lowest BCUT2D eigenvalue weighted by Gasteiger charge is -2.08. The Bertz CT molecular complexity index is 441. The second kappa shape index (κ2) is 4.74. The lowest BCUT2D eigenvalue weighted by molar-refractivity contribution is 0.597. The Kier molecular flexibility index (Phi) is 3.84. The molecule has 0 spiro atoms. The largest absolute Gasteiger partial charge is 0.313 e. The van der Waals surface area contributed by atoms with E-state index in [-0.39, 0.29) is 4.90 Å². The summed E-state index contributed by atoms with van der Waals surface area (Å²) in [5.41, 5.74) is 2.02. The van der Waals surface area contributed by atoms with Gasteiger partial charge in [-0.1, -0.05) is 13.0 Å². The van der Waals surface area contributed by atoms with E-state index in [0.29, 0.717) is 6.54 Å². The quantitative estimate of drug-likeness (QED) is 0.799. The number of benzene rings is 1. The molecule has 0 aliphatic carbocycles. The number of rotatable bonds is 4. The molecule has 3 N–H and O–H groups in total. The molecule has 0 saturated carbocycles. The molecule has 0 fully saturated rings. The van der Waals surface area contributed by atoms with E-state index in [1.54, 1.807) is 12.1 Å². The molecule has 0 unspecified atom stereocenters. The lowest BCUT2D eigenvalue weighted by atomic mass is 10.1. The Balaban J connectivity index is 3.06. The van der Waals surface area contributed by atoms with Crippen LogP contribution >= 0.6 is 0 Å². The van der Waals surface area contributed by atoms with Gasteiger partial charge in [0.25, 0.3) is 0 Å². The molecule has 1 aromatic rings. The fraction of sp³-hybridized carbons (Fsp3) is 0.400. The summed E-state index contributed by atoms with van der Waals surface area (Å²) in [5.74, 6) is 0. The zero-order chi connectivity index (χ0) is 11.5. The van der Waals surface area contributed by atoms with E-state index in [9.17, 15) is 8.42 Å². The van der Waals surface area contributed by atoms with Gasteiger partial charge in [0.1, 0.15) is 0 Å². The molecule has 0 saturated heterocycles. The van der Waals surface area contributed by atoms with Gasteiger partial charge in [-0.2, -0.15) is 0 Å². The molecule has 15 heavy (non-hydrogen) atoms. The van der Waals surface area contributed by atoms with E-state index in [1.165, 1.54) is 6.07 Å². The predicted molar refractivity (Wildman–Crippen MR) is 59.9 cm³/mol. The molecule has 0 amide bonds. The van der Waals surface area contributed by atoms with Gasteiger partial charge in [0.05, 0.1) is 4.90 Å². The highest BCUT2D eigenvalue weighted by molar-refractivity contribution is 7.89. The van der Waals surface area contributed by atoms with Crippen LogP contribution in [-0.2, 0) is 16.6 Å². The van der Waals surface area contributed by atoms with Crippen molar-refractivity contribution < 1.29 is 8.42 Å². The van der Waals surface area contributed by atoms with Crippen LogP contribution in [0.2, 0.25) is 0 Å². The lowest BCUT2D eigenvalue weighted by Crippen LogP contribution is -2.15. The van der Waals surface area contributed by atoms with Crippen LogP contribution in [0.4, 0.5) is 0 Å². The molecule has 0 aliphatic rings. The molecular weight excluding hydrogens is 212 g/mol.